The zero-order valence-corrected chi connectivity index (χ0v) is 16.3. The number of thiophene rings is 1. The van der Waals surface area contributed by atoms with Crippen molar-refractivity contribution in [2.24, 2.45) is 5.92 Å². The monoisotopic (exact) mass is 398 g/mol. The summed E-state index contributed by atoms with van der Waals surface area (Å²) < 4.78 is 5.10. The summed E-state index contributed by atoms with van der Waals surface area (Å²) in [5.74, 6) is -2.10. The first-order chi connectivity index (χ1) is 13.2. The maximum Gasteiger partial charge on any atom is 0.319 e. The van der Waals surface area contributed by atoms with Crippen LogP contribution in [0.4, 0.5) is 0 Å². The number of carbonyl (C=O) groups is 2. The largest absolute Gasteiger partial charge is 0.465 e. The number of rotatable bonds is 6. The maximum absolute atomic E-state index is 12.7. The zero-order chi connectivity index (χ0) is 19.2. The first-order valence-electron chi connectivity index (χ1n) is 8.47. The van der Waals surface area contributed by atoms with Crippen LogP contribution in [0.15, 0.2) is 58.4 Å². The highest BCUT2D eigenvalue weighted by molar-refractivity contribution is 8.02. The van der Waals surface area contributed by atoms with Crippen LogP contribution >= 0.6 is 23.1 Å². The molecule has 1 amide bonds. The lowest BCUT2D eigenvalue weighted by molar-refractivity contribution is -0.152. The Kier molecular flexibility index (Phi) is 6.32. The number of nitrogens with zero attached hydrogens (tertiary/aromatic N) is 1. The van der Waals surface area contributed by atoms with Crippen molar-refractivity contribution in [3.8, 4) is 6.07 Å². The Morgan fingerprint density at radius 3 is 2.70 bits per heavy atom. The minimum Gasteiger partial charge on any atom is -0.465 e. The lowest BCUT2D eigenvalue weighted by Gasteiger charge is -2.30. The number of hydrogen-bond acceptors (Lipinski definition) is 6. The molecule has 0 radical (unpaired) electrons. The Hall–Kier alpha value is -2.56. The number of thioether (sulfide) groups is 1. The Morgan fingerprint density at radius 1 is 1.30 bits per heavy atom. The SMILES string of the molecule is CCOC(=O)[C@H]1C(=O)NC(SCc2ccccc2)=C(C#N)[C@H]1c1cccs1. The summed E-state index contributed by atoms with van der Waals surface area (Å²) >= 11 is 2.82. The van der Waals surface area contributed by atoms with Crippen LogP contribution in [0.1, 0.15) is 23.3 Å². The van der Waals surface area contributed by atoms with Gasteiger partial charge >= 0.3 is 5.97 Å². The third-order valence-corrected chi connectivity index (χ3v) is 6.19. The summed E-state index contributed by atoms with van der Waals surface area (Å²) in [5, 5.41) is 15.0. The van der Waals surface area contributed by atoms with Gasteiger partial charge in [0.1, 0.15) is 5.92 Å². The van der Waals surface area contributed by atoms with Crippen LogP contribution in [0, 0.1) is 17.2 Å². The number of esters is 1. The van der Waals surface area contributed by atoms with Gasteiger partial charge in [-0.15, -0.1) is 23.1 Å². The van der Waals surface area contributed by atoms with E-state index in [0.29, 0.717) is 16.4 Å². The number of nitrogens with one attached hydrogen (secondary N) is 1. The standard InChI is InChI=1S/C20H18N2O3S2/c1-2-25-20(24)17-16(15-9-6-10-26-15)14(11-21)19(22-18(17)23)27-12-13-7-4-3-5-8-13/h3-10,16-17H,2,12H2,1H3,(H,22,23)/t16-,17+/m0/s1. The molecule has 27 heavy (non-hydrogen) atoms. The second-order valence-corrected chi connectivity index (χ2v) is 7.81. The van der Waals surface area contributed by atoms with E-state index in [4.69, 9.17) is 4.74 Å². The smallest absolute Gasteiger partial charge is 0.319 e. The first-order valence-corrected chi connectivity index (χ1v) is 10.3. The van der Waals surface area contributed by atoms with Gasteiger partial charge in [0, 0.05) is 10.6 Å². The molecule has 3 rings (SSSR count). The van der Waals surface area contributed by atoms with Gasteiger partial charge in [0.2, 0.25) is 5.91 Å². The molecule has 0 saturated carbocycles. The molecule has 1 aromatic heterocycles. The van der Waals surface area contributed by atoms with Crippen LogP contribution in [0.25, 0.3) is 0 Å². The number of ether oxygens (including phenoxy) is 1. The fourth-order valence-electron chi connectivity index (χ4n) is 2.93. The summed E-state index contributed by atoms with van der Waals surface area (Å²) in [4.78, 5) is 26.0. The van der Waals surface area contributed by atoms with Crippen molar-refractivity contribution in [2.75, 3.05) is 6.61 Å². The number of amides is 1. The number of carbonyl (C=O) groups excluding carboxylic acids is 2. The molecule has 7 heteroatoms. The number of allylic oxidation sites excluding steroid dienone is 1. The number of hydrogen-bond donors (Lipinski definition) is 1. The molecule has 0 aliphatic carbocycles. The minimum absolute atomic E-state index is 0.182. The molecule has 2 aromatic rings. The first kappa shape index (κ1) is 19.2. The van der Waals surface area contributed by atoms with Crippen LogP contribution in [-0.4, -0.2) is 18.5 Å². The van der Waals surface area contributed by atoms with Crippen molar-refractivity contribution in [1.82, 2.24) is 5.32 Å². The topological polar surface area (TPSA) is 79.2 Å². The molecule has 5 nitrogen and oxygen atoms in total. The molecular weight excluding hydrogens is 380 g/mol. The lowest BCUT2D eigenvalue weighted by atomic mass is 9.82. The van der Waals surface area contributed by atoms with E-state index < -0.39 is 23.7 Å². The van der Waals surface area contributed by atoms with Gasteiger partial charge < -0.3 is 10.1 Å². The molecule has 0 fully saturated rings. The summed E-state index contributed by atoms with van der Waals surface area (Å²) in [6.45, 7) is 1.88. The van der Waals surface area contributed by atoms with Gasteiger partial charge in [0.15, 0.2) is 0 Å². The van der Waals surface area contributed by atoms with Gasteiger partial charge in [0.05, 0.1) is 29.2 Å². The van der Waals surface area contributed by atoms with Crippen molar-refractivity contribution in [2.45, 2.75) is 18.6 Å². The van der Waals surface area contributed by atoms with Crippen LogP contribution in [0.5, 0.6) is 0 Å². The summed E-state index contributed by atoms with van der Waals surface area (Å²) in [7, 11) is 0. The molecule has 0 bridgehead atoms. The summed E-state index contributed by atoms with van der Waals surface area (Å²) in [5.41, 5.74) is 1.48. The quantitative estimate of drug-likeness (QED) is 0.591. The average molecular weight is 399 g/mol. The maximum atomic E-state index is 12.7. The van der Waals surface area contributed by atoms with Gasteiger partial charge in [-0.25, -0.2) is 0 Å². The Morgan fingerprint density at radius 2 is 2.07 bits per heavy atom. The molecule has 2 atom stereocenters. The fourth-order valence-corrected chi connectivity index (χ4v) is 4.81. The van der Waals surface area contributed by atoms with Gasteiger partial charge in [-0.2, -0.15) is 5.26 Å². The molecule has 0 saturated heterocycles. The molecule has 0 unspecified atom stereocenters. The molecule has 1 aliphatic heterocycles. The number of benzene rings is 1. The van der Waals surface area contributed by atoms with E-state index in [0.717, 1.165) is 10.4 Å². The summed E-state index contributed by atoms with van der Waals surface area (Å²) in [6.07, 6.45) is 0. The van der Waals surface area contributed by atoms with Crippen molar-refractivity contribution in [3.63, 3.8) is 0 Å². The minimum atomic E-state index is -1.06. The van der Waals surface area contributed by atoms with Crippen molar-refractivity contribution in [3.05, 3.63) is 68.9 Å². The van der Waals surface area contributed by atoms with Gasteiger partial charge in [-0.05, 0) is 23.9 Å². The molecule has 1 aromatic carbocycles. The zero-order valence-electron chi connectivity index (χ0n) is 14.7. The van der Waals surface area contributed by atoms with Crippen molar-refractivity contribution < 1.29 is 14.3 Å². The van der Waals surface area contributed by atoms with Gasteiger partial charge in [-0.3, -0.25) is 9.59 Å². The Bertz CT molecular complexity index is 886. The van der Waals surface area contributed by atoms with E-state index in [9.17, 15) is 14.9 Å². The van der Waals surface area contributed by atoms with Crippen molar-refractivity contribution in [1.29, 1.82) is 5.26 Å². The highest BCUT2D eigenvalue weighted by atomic mass is 32.2. The van der Waals surface area contributed by atoms with Crippen LogP contribution in [-0.2, 0) is 20.1 Å². The van der Waals surface area contributed by atoms with Crippen LogP contribution in [0.3, 0.4) is 0 Å². The Balaban J connectivity index is 1.97. The average Bonchev–Trinajstić information content (AvgIpc) is 3.21. The van der Waals surface area contributed by atoms with Crippen molar-refractivity contribution >= 4 is 35.0 Å². The van der Waals surface area contributed by atoms with E-state index in [1.54, 1.807) is 6.92 Å². The predicted molar refractivity (Wildman–Crippen MR) is 106 cm³/mol. The Labute approximate surface area is 166 Å². The number of nitriles is 1. The van der Waals surface area contributed by atoms with E-state index in [-0.39, 0.29) is 6.61 Å². The van der Waals surface area contributed by atoms with E-state index in [2.05, 4.69) is 11.4 Å². The highest BCUT2D eigenvalue weighted by Gasteiger charge is 2.44. The molecular formula is C20H18N2O3S2. The van der Waals surface area contributed by atoms with E-state index >= 15 is 0 Å². The fraction of sp³-hybridized carbons (Fsp3) is 0.250. The van der Waals surface area contributed by atoms with E-state index in [1.807, 2.05) is 47.8 Å². The third kappa shape index (κ3) is 4.24. The molecule has 2 heterocycles. The van der Waals surface area contributed by atoms with Crippen LogP contribution in [0.2, 0.25) is 0 Å². The summed E-state index contributed by atoms with van der Waals surface area (Å²) in [6, 6.07) is 15.7. The van der Waals surface area contributed by atoms with Gasteiger partial charge in [0.25, 0.3) is 0 Å². The van der Waals surface area contributed by atoms with Crippen LogP contribution < -0.4 is 5.32 Å². The predicted octanol–water partition coefficient (Wildman–Crippen LogP) is 3.81. The second kappa shape index (κ2) is 8.89. The molecule has 1 N–H and O–H groups in total. The van der Waals surface area contributed by atoms with E-state index in [1.165, 1.54) is 23.1 Å². The highest BCUT2D eigenvalue weighted by Crippen LogP contribution is 2.42. The molecule has 138 valence electrons. The molecule has 1 aliphatic rings. The normalized spacial score (nSPS) is 19.3. The second-order valence-electron chi connectivity index (χ2n) is 5.84. The molecule has 0 spiro atoms. The lowest BCUT2D eigenvalue weighted by Crippen LogP contribution is -2.44. The third-order valence-electron chi connectivity index (χ3n) is 4.14. The van der Waals surface area contributed by atoms with Gasteiger partial charge in [-0.1, -0.05) is 36.4 Å².